The first kappa shape index (κ1) is 19.2. The normalized spacial score (nSPS) is 11.3. The van der Waals surface area contributed by atoms with E-state index >= 15 is 0 Å². The lowest BCUT2D eigenvalue weighted by molar-refractivity contribution is -0.124. The van der Waals surface area contributed by atoms with Gasteiger partial charge in [0.25, 0.3) is 5.91 Å². The molecule has 136 valence electrons. The van der Waals surface area contributed by atoms with Crippen molar-refractivity contribution in [2.24, 2.45) is 0 Å². The fourth-order valence-electron chi connectivity index (χ4n) is 2.25. The minimum atomic E-state index is -0.873. The van der Waals surface area contributed by atoms with E-state index in [4.69, 9.17) is 4.74 Å². The Bertz CT molecular complexity index is 757. The van der Waals surface area contributed by atoms with Gasteiger partial charge in [-0.1, -0.05) is 37.3 Å². The van der Waals surface area contributed by atoms with Crippen molar-refractivity contribution in [3.05, 3.63) is 65.7 Å². The van der Waals surface area contributed by atoms with Gasteiger partial charge in [-0.25, -0.2) is 4.79 Å². The van der Waals surface area contributed by atoms with Gasteiger partial charge in [0.2, 0.25) is 5.91 Å². The van der Waals surface area contributed by atoms with Crippen molar-refractivity contribution < 1.29 is 19.1 Å². The van der Waals surface area contributed by atoms with Crippen LogP contribution < -0.4 is 10.6 Å². The van der Waals surface area contributed by atoms with Gasteiger partial charge in [0.05, 0.1) is 5.56 Å². The first-order valence-corrected chi connectivity index (χ1v) is 8.40. The van der Waals surface area contributed by atoms with Gasteiger partial charge in [0.1, 0.15) is 0 Å². The summed E-state index contributed by atoms with van der Waals surface area (Å²) >= 11 is 0. The van der Waals surface area contributed by atoms with Crippen molar-refractivity contribution >= 4 is 23.5 Å². The number of carbonyl (C=O) groups is 3. The summed E-state index contributed by atoms with van der Waals surface area (Å²) in [4.78, 5) is 35.5. The second-order valence-electron chi connectivity index (χ2n) is 5.76. The van der Waals surface area contributed by atoms with Gasteiger partial charge in [-0.15, -0.1) is 0 Å². The predicted molar refractivity (Wildman–Crippen MR) is 98.5 cm³/mol. The third-order valence-electron chi connectivity index (χ3n) is 3.68. The van der Waals surface area contributed by atoms with Gasteiger partial charge in [-0.2, -0.15) is 0 Å². The fraction of sp³-hybridized carbons (Fsp3) is 0.250. The molecule has 0 saturated carbocycles. The number of anilines is 1. The van der Waals surface area contributed by atoms with Gasteiger partial charge < -0.3 is 15.4 Å². The smallest absolute Gasteiger partial charge is 0.338 e. The van der Waals surface area contributed by atoms with Crippen molar-refractivity contribution in [3.8, 4) is 0 Å². The third-order valence-corrected chi connectivity index (χ3v) is 3.68. The Morgan fingerprint density at radius 3 is 2.23 bits per heavy atom. The molecule has 1 atom stereocenters. The predicted octanol–water partition coefficient (Wildman–Crippen LogP) is 2.90. The molecule has 2 amide bonds. The van der Waals surface area contributed by atoms with Crippen LogP contribution in [0.5, 0.6) is 0 Å². The van der Waals surface area contributed by atoms with Crippen LogP contribution in [-0.4, -0.2) is 23.9 Å². The van der Waals surface area contributed by atoms with Crippen LogP contribution in [0.15, 0.2) is 54.6 Å². The molecule has 2 N–H and O–H groups in total. The largest absolute Gasteiger partial charge is 0.449 e. The molecule has 0 aromatic heterocycles. The molecule has 6 heteroatoms. The molecule has 0 saturated heterocycles. The zero-order chi connectivity index (χ0) is 18.9. The monoisotopic (exact) mass is 354 g/mol. The average molecular weight is 354 g/mol. The number of hydrogen-bond acceptors (Lipinski definition) is 4. The highest BCUT2D eigenvalue weighted by atomic mass is 16.5. The van der Waals surface area contributed by atoms with Gasteiger partial charge in [0.15, 0.2) is 6.10 Å². The molecule has 2 aromatic rings. The van der Waals surface area contributed by atoms with Gasteiger partial charge in [0, 0.05) is 19.2 Å². The topological polar surface area (TPSA) is 84.5 Å². The number of benzene rings is 2. The Balaban J connectivity index is 1.95. The van der Waals surface area contributed by atoms with Crippen LogP contribution >= 0.6 is 0 Å². The molecule has 0 bridgehead atoms. The Kier molecular flexibility index (Phi) is 6.91. The minimum absolute atomic E-state index is 0.122. The summed E-state index contributed by atoms with van der Waals surface area (Å²) < 4.78 is 5.34. The maximum Gasteiger partial charge on any atom is 0.338 e. The van der Waals surface area contributed by atoms with Crippen molar-refractivity contribution in [1.82, 2.24) is 5.32 Å². The molecule has 0 aliphatic heterocycles. The van der Waals surface area contributed by atoms with Crippen molar-refractivity contribution in [1.29, 1.82) is 0 Å². The lowest BCUT2D eigenvalue weighted by Gasteiger charge is -2.16. The summed E-state index contributed by atoms with van der Waals surface area (Å²) in [6.07, 6.45) is -0.507. The molecule has 0 spiro atoms. The number of esters is 1. The molecular weight excluding hydrogens is 332 g/mol. The third kappa shape index (κ3) is 5.73. The van der Waals surface area contributed by atoms with Crippen LogP contribution in [0.25, 0.3) is 0 Å². The van der Waals surface area contributed by atoms with E-state index in [1.807, 2.05) is 18.2 Å². The summed E-state index contributed by atoms with van der Waals surface area (Å²) in [5.74, 6) is -1.05. The van der Waals surface area contributed by atoms with E-state index in [1.54, 1.807) is 43.3 Å². The second-order valence-corrected chi connectivity index (χ2v) is 5.76. The van der Waals surface area contributed by atoms with E-state index in [0.29, 0.717) is 24.2 Å². The molecule has 0 radical (unpaired) electrons. The number of carbonyl (C=O) groups excluding carboxylic acids is 3. The van der Waals surface area contributed by atoms with E-state index in [1.165, 1.54) is 6.92 Å². The first-order valence-electron chi connectivity index (χ1n) is 8.40. The highest BCUT2D eigenvalue weighted by molar-refractivity contribution is 5.97. The van der Waals surface area contributed by atoms with Crippen molar-refractivity contribution in [2.45, 2.75) is 32.9 Å². The molecule has 2 aromatic carbocycles. The SMILES string of the molecule is CCC(OC(=O)c1ccc(CNC(C)=O)cc1)C(=O)Nc1ccccc1. The van der Waals surface area contributed by atoms with E-state index in [9.17, 15) is 14.4 Å². The Morgan fingerprint density at radius 2 is 1.65 bits per heavy atom. The summed E-state index contributed by atoms with van der Waals surface area (Å²) in [6.45, 7) is 3.61. The number of amides is 2. The molecule has 1 unspecified atom stereocenters. The first-order chi connectivity index (χ1) is 12.5. The van der Waals surface area contributed by atoms with Crippen LogP contribution in [0.4, 0.5) is 5.69 Å². The number of nitrogens with one attached hydrogen (secondary N) is 2. The summed E-state index contributed by atoms with van der Waals surface area (Å²) in [5.41, 5.74) is 1.86. The summed E-state index contributed by atoms with van der Waals surface area (Å²) in [7, 11) is 0. The Labute approximate surface area is 152 Å². The molecule has 2 rings (SSSR count). The van der Waals surface area contributed by atoms with Crippen LogP contribution in [-0.2, 0) is 20.9 Å². The standard InChI is InChI=1S/C20H22N2O4/c1-3-18(19(24)22-17-7-5-4-6-8-17)26-20(25)16-11-9-15(10-12-16)13-21-14(2)23/h4-12,18H,3,13H2,1-2H3,(H,21,23)(H,22,24). The molecule has 26 heavy (non-hydrogen) atoms. The molecule has 0 heterocycles. The zero-order valence-electron chi connectivity index (χ0n) is 14.8. The van der Waals surface area contributed by atoms with Crippen molar-refractivity contribution in [2.75, 3.05) is 5.32 Å². The highest BCUT2D eigenvalue weighted by Crippen LogP contribution is 2.12. The zero-order valence-corrected chi connectivity index (χ0v) is 14.8. The van der Waals surface area contributed by atoms with Gasteiger partial charge in [-0.3, -0.25) is 9.59 Å². The Morgan fingerprint density at radius 1 is 1.00 bits per heavy atom. The number of rotatable bonds is 7. The van der Waals surface area contributed by atoms with Crippen LogP contribution in [0.1, 0.15) is 36.2 Å². The second kappa shape index (κ2) is 9.36. The lowest BCUT2D eigenvalue weighted by atomic mass is 10.1. The Hall–Kier alpha value is -3.15. The quantitative estimate of drug-likeness (QED) is 0.749. The number of para-hydroxylation sites is 1. The maximum absolute atomic E-state index is 12.3. The van der Waals surface area contributed by atoms with E-state index in [2.05, 4.69) is 10.6 Å². The van der Waals surface area contributed by atoms with Crippen LogP contribution in [0, 0.1) is 0 Å². The van der Waals surface area contributed by atoms with Crippen LogP contribution in [0.3, 0.4) is 0 Å². The average Bonchev–Trinajstić information content (AvgIpc) is 2.65. The van der Waals surface area contributed by atoms with Gasteiger partial charge in [-0.05, 0) is 36.2 Å². The van der Waals surface area contributed by atoms with E-state index in [0.717, 1.165) is 5.56 Å². The molecule has 0 aliphatic carbocycles. The van der Waals surface area contributed by atoms with Gasteiger partial charge >= 0.3 is 5.97 Å². The number of ether oxygens (including phenoxy) is 1. The molecule has 0 aliphatic rings. The lowest BCUT2D eigenvalue weighted by Crippen LogP contribution is -2.32. The molecular formula is C20H22N2O4. The number of hydrogen-bond donors (Lipinski definition) is 2. The van der Waals surface area contributed by atoms with E-state index in [-0.39, 0.29) is 11.8 Å². The molecule has 6 nitrogen and oxygen atoms in total. The van der Waals surface area contributed by atoms with E-state index < -0.39 is 12.1 Å². The van der Waals surface area contributed by atoms with Crippen LogP contribution in [0.2, 0.25) is 0 Å². The maximum atomic E-state index is 12.3. The fourth-order valence-corrected chi connectivity index (χ4v) is 2.25. The minimum Gasteiger partial charge on any atom is -0.449 e. The summed E-state index contributed by atoms with van der Waals surface area (Å²) in [6, 6.07) is 15.7. The highest BCUT2D eigenvalue weighted by Gasteiger charge is 2.22. The summed E-state index contributed by atoms with van der Waals surface area (Å²) in [5, 5.41) is 5.41. The molecule has 0 fully saturated rings. The van der Waals surface area contributed by atoms with Crippen molar-refractivity contribution in [3.63, 3.8) is 0 Å².